The van der Waals surface area contributed by atoms with E-state index in [9.17, 15) is 0 Å². The number of hydrogen-bond acceptors (Lipinski definition) is 5. The van der Waals surface area contributed by atoms with Crippen LogP contribution in [0, 0.1) is 0 Å². The minimum Gasteiger partial charge on any atom is -0.360 e. The van der Waals surface area contributed by atoms with Crippen molar-refractivity contribution < 1.29 is 4.57 Å². The van der Waals surface area contributed by atoms with E-state index < -0.39 is 0 Å². The van der Waals surface area contributed by atoms with Crippen LogP contribution >= 0.6 is 0 Å². The quantitative estimate of drug-likeness (QED) is 0.751. The smallest absolute Gasteiger partial charge is 0.355 e. The number of anilines is 2. The highest BCUT2D eigenvalue weighted by atomic mass is 15.4. The maximum absolute atomic E-state index is 4.49. The minimum atomic E-state index is 0.221. The standard InChI is InChI=1S/C13H19N6/c1-10-14-6-8-18(10)12-4-5-16-13(17(12)3)19-9-7-15-11(19)2/h4-11,14-15H,1-3H3/q+1/t10-,11+/m1/s1. The van der Waals surface area contributed by atoms with Gasteiger partial charge in [0.1, 0.15) is 12.3 Å². The molecule has 2 N–H and O–H groups in total. The molecule has 0 radical (unpaired) electrons. The summed E-state index contributed by atoms with van der Waals surface area (Å²) in [7, 11) is 2.04. The third-order valence-corrected chi connectivity index (χ3v) is 3.53. The molecule has 1 aromatic heterocycles. The molecule has 0 aliphatic carbocycles. The van der Waals surface area contributed by atoms with Gasteiger partial charge in [-0.2, -0.15) is 0 Å². The Kier molecular flexibility index (Phi) is 2.77. The topological polar surface area (TPSA) is 47.3 Å². The fraction of sp³-hybridized carbons (Fsp3) is 0.385. The van der Waals surface area contributed by atoms with Crippen LogP contribution in [0.1, 0.15) is 13.8 Å². The van der Waals surface area contributed by atoms with E-state index in [1.165, 1.54) is 0 Å². The summed E-state index contributed by atoms with van der Waals surface area (Å²) in [5.41, 5.74) is 0. The molecule has 0 unspecified atom stereocenters. The van der Waals surface area contributed by atoms with Crippen LogP contribution in [0.25, 0.3) is 0 Å². The summed E-state index contributed by atoms with van der Waals surface area (Å²) in [6, 6.07) is 2.02. The highest BCUT2D eigenvalue weighted by Gasteiger charge is 2.28. The van der Waals surface area contributed by atoms with Crippen molar-refractivity contribution in [1.82, 2.24) is 15.6 Å². The fourth-order valence-corrected chi connectivity index (χ4v) is 2.43. The Balaban J connectivity index is 1.99. The highest BCUT2D eigenvalue weighted by Crippen LogP contribution is 2.19. The first kappa shape index (κ1) is 11.8. The highest BCUT2D eigenvalue weighted by molar-refractivity contribution is 5.43. The van der Waals surface area contributed by atoms with E-state index >= 15 is 0 Å². The SMILES string of the molecule is C[C@@H]1NC=CN1c1ccnc(N2C=CN[C@@H]2C)[n+]1C. The molecule has 1 aromatic rings. The molecule has 2 aliphatic rings. The van der Waals surface area contributed by atoms with Gasteiger partial charge in [0, 0.05) is 18.5 Å². The molecule has 6 heteroatoms. The first-order valence-electron chi connectivity index (χ1n) is 6.45. The second kappa shape index (κ2) is 4.46. The summed E-state index contributed by atoms with van der Waals surface area (Å²) in [5, 5.41) is 6.51. The molecule has 3 heterocycles. The van der Waals surface area contributed by atoms with Crippen LogP contribution in [0.4, 0.5) is 11.8 Å². The van der Waals surface area contributed by atoms with Gasteiger partial charge in [0.05, 0.1) is 25.6 Å². The maximum Gasteiger partial charge on any atom is 0.355 e. The first-order chi connectivity index (χ1) is 9.18. The van der Waals surface area contributed by atoms with Crippen molar-refractivity contribution in [3.8, 4) is 0 Å². The average molecular weight is 259 g/mol. The van der Waals surface area contributed by atoms with E-state index in [0.717, 1.165) is 11.8 Å². The molecule has 0 saturated heterocycles. The van der Waals surface area contributed by atoms with Gasteiger partial charge < -0.3 is 10.6 Å². The van der Waals surface area contributed by atoms with Crippen molar-refractivity contribution in [2.75, 3.05) is 9.80 Å². The Morgan fingerprint density at radius 1 is 1.11 bits per heavy atom. The molecule has 6 nitrogen and oxygen atoms in total. The van der Waals surface area contributed by atoms with Gasteiger partial charge >= 0.3 is 5.95 Å². The number of hydrogen-bond donors (Lipinski definition) is 2. The summed E-state index contributed by atoms with van der Waals surface area (Å²) in [4.78, 5) is 8.79. The van der Waals surface area contributed by atoms with Crippen LogP contribution in [-0.4, -0.2) is 17.3 Å². The van der Waals surface area contributed by atoms with E-state index in [2.05, 4.69) is 43.8 Å². The van der Waals surface area contributed by atoms with Crippen LogP contribution in [0.2, 0.25) is 0 Å². The van der Waals surface area contributed by atoms with Gasteiger partial charge in [0.2, 0.25) is 5.82 Å². The number of nitrogens with zero attached hydrogens (tertiary/aromatic N) is 4. The van der Waals surface area contributed by atoms with Crippen molar-refractivity contribution in [2.24, 2.45) is 7.05 Å². The zero-order chi connectivity index (χ0) is 13.4. The van der Waals surface area contributed by atoms with Gasteiger partial charge in [-0.05, 0) is 13.8 Å². The molecule has 0 amide bonds. The monoisotopic (exact) mass is 259 g/mol. The molecule has 100 valence electrons. The lowest BCUT2D eigenvalue weighted by Crippen LogP contribution is -2.47. The molecule has 2 atom stereocenters. The molecular weight excluding hydrogens is 240 g/mol. The van der Waals surface area contributed by atoms with Gasteiger partial charge in [-0.3, -0.25) is 4.90 Å². The zero-order valence-electron chi connectivity index (χ0n) is 11.4. The van der Waals surface area contributed by atoms with Crippen molar-refractivity contribution in [3.63, 3.8) is 0 Å². The largest absolute Gasteiger partial charge is 0.360 e. The summed E-state index contributed by atoms with van der Waals surface area (Å²) >= 11 is 0. The van der Waals surface area contributed by atoms with Gasteiger partial charge in [-0.25, -0.2) is 9.47 Å². The second-order valence-corrected chi connectivity index (χ2v) is 4.79. The van der Waals surface area contributed by atoms with E-state index in [0.29, 0.717) is 0 Å². The van der Waals surface area contributed by atoms with Crippen molar-refractivity contribution in [1.29, 1.82) is 0 Å². The first-order valence-corrected chi connectivity index (χ1v) is 6.45. The van der Waals surface area contributed by atoms with E-state index in [1.54, 1.807) is 0 Å². The summed E-state index contributed by atoms with van der Waals surface area (Å²) < 4.78 is 2.10. The van der Waals surface area contributed by atoms with Crippen LogP contribution in [0.3, 0.4) is 0 Å². The van der Waals surface area contributed by atoms with Gasteiger partial charge in [-0.1, -0.05) is 0 Å². The normalized spacial score (nSPS) is 24.8. The van der Waals surface area contributed by atoms with Crippen LogP contribution < -0.4 is 25.0 Å². The third-order valence-electron chi connectivity index (χ3n) is 3.53. The van der Waals surface area contributed by atoms with E-state index in [1.807, 2.05) is 44.1 Å². The molecule has 0 fully saturated rings. The fourth-order valence-electron chi connectivity index (χ4n) is 2.43. The van der Waals surface area contributed by atoms with Crippen LogP contribution in [0.5, 0.6) is 0 Å². The van der Waals surface area contributed by atoms with Crippen LogP contribution in [0.15, 0.2) is 37.1 Å². The molecule has 0 saturated carbocycles. The van der Waals surface area contributed by atoms with Crippen LogP contribution in [-0.2, 0) is 7.05 Å². The predicted molar refractivity (Wildman–Crippen MR) is 73.8 cm³/mol. The predicted octanol–water partition coefficient (Wildman–Crippen LogP) is 0.360. The van der Waals surface area contributed by atoms with Crippen molar-refractivity contribution >= 4 is 11.8 Å². The number of rotatable bonds is 2. The molecule has 3 rings (SSSR count). The second-order valence-electron chi connectivity index (χ2n) is 4.79. The van der Waals surface area contributed by atoms with Gasteiger partial charge in [0.15, 0.2) is 0 Å². The lowest BCUT2D eigenvalue weighted by atomic mass is 10.4. The maximum atomic E-state index is 4.49. The van der Waals surface area contributed by atoms with E-state index in [4.69, 9.17) is 0 Å². The Labute approximate surface area is 113 Å². The van der Waals surface area contributed by atoms with Crippen molar-refractivity contribution in [3.05, 3.63) is 37.1 Å². The summed E-state index contributed by atoms with van der Waals surface area (Å²) in [5.74, 6) is 2.02. The van der Waals surface area contributed by atoms with Crippen molar-refractivity contribution in [2.45, 2.75) is 26.2 Å². The molecule has 0 aromatic carbocycles. The molecule has 0 bridgehead atoms. The minimum absolute atomic E-state index is 0.221. The summed E-state index contributed by atoms with van der Waals surface area (Å²) in [6.45, 7) is 4.23. The molecule has 19 heavy (non-hydrogen) atoms. The van der Waals surface area contributed by atoms with Gasteiger partial charge in [-0.15, -0.1) is 4.98 Å². The molecule has 0 spiro atoms. The van der Waals surface area contributed by atoms with E-state index in [-0.39, 0.29) is 12.3 Å². The number of nitrogens with one attached hydrogen (secondary N) is 2. The lowest BCUT2D eigenvalue weighted by Gasteiger charge is -2.23. The Morgan fingerprint density at radius 3 is 2.32 bits per heavy atom. The number of aromatic nitrogens is 2. The zero-order valence-corrected chi connectivity index (χ0v) is 11.4. The lowest BCUT2D eigenvalue weighted by molar-refractivity contribution is -0.648. The summed E-state index contributed by atoms with van der Waals surface area (Å²) in [6.07, 6.45) is 10.3. The molecule has 2 aliphatic heterocycles. The average Bonchev–Trinajstić information content (AvgIpc) is 2.99. The Morgan fingerprint density at radius 2 is 1.74 bits per heavy atom. The Hall–Kier alpha value is -2.24. The van der Waals surface area contributed by atoms with Gasteiger partial charge in [0.25, 0.3) is 0 Å². The Bertz CT molecular complexity index is 494. The third kappa shape index (κ3) is 1.89. The molecular formula is C13H19N6+.